The largest absolute Gasteiger partial charge is 0.480 e. The van der Waals surface area contributed by atoms with Crippen molar-refractivity contribution < 1.29 is 9.90 Å². The predicted molar refractivity (Wildman–Crippen MR) is 76.4 cm³/mol. The van der Waals surface area contributed by atoms with Gasteiger partial charge in [0.1, 0.15) is 17.1 Å². The second kappa shape index (κ2) is 4.43. The van der Waals surface area contributed by atoms with E-state index in [1.54, 1.807) is 11.8 Å². The molecule has 7 heteroatoms. The van der Waals surface area contributed by atoms with Crippen LogP contribution in [0, 0.1) is 0 Å². The summed E-state index contributed by atoms with van der Waals surface area (Å²) in [6, 6.07) is 5.27. The summed E-state index contributed by atoms with van der Waals surface area (Å²) in [6.45, 7) is 3.89. The highest BCUT2D eigenvalue weighted by molar-refractivity contribution is 8.01. The molecule has 1 aliphatic rings. The van der Waals surface area contributed by atoms with Crippen LogP contribution in [0.25, 0.3) is 11.0 Å². The van der Waals surface area contributed by atoms with Crippen LogP contribution >= 0.6 is 23.5 Å². The first-order valence-electron chi connectivity index (χ1n) is 5.87. The van der Waals surface area contributed by atoms with Crippen LogP contribution in [-0.2, 0) is 4.79 Å². The van der Waals surface area contributed by atoms with E-state index in [1.807, 2.05) is 32.0 Å². The van der Waals surface area contributed by atoms with Gasteiger partial charge in [0, 0.05) is 10.3 Å². The summed E-state index contributed by atoms with van der Waals surface area (Å²) in [6.07, 6.45) is 0. The number of fused-ring (bicyclic) bond motifs is 1. The summed E-state index contributed by atoms with van der Waals surface area (Å²) >= 11 is 2.80. The van der Waals surface area contributed by atoms with Crippen molar-refractivity contribution in [3.63, 3.8) is 0 Å². The molecule has 3 rings (SSSR count). The van der Waals surface area contributed by atoms with E-state index >= 15 is 0 Å². The number of hydrogen-bond acceptors (Lipinski definition) is 6. The average molecular weight is 295 g/mol. The quantitative estimate of drug-likeness (QED) is 0.885. The number of carboxylic acid groups (broad SMARTS) is 1. The van der Waals surface area contributed by atoms with Crippen molar-refractivity contribution in [2.75, 3.05) is 0 Å². The molecule has 0 bridgehead atoms. The Morgan fingerprint density at radius 1 is 1.42 bits per heavy atom. The van der Waals surface area contributed by atoms with Gasteiger partial charge < -0.3 is 5.11 Å². The van der Waals surface area contributed by atoms with E-state index in [2.05, 4.69) is 14.1 Å². The number of hydrogen-bond donors (Lipinski definition) is 2. The fourth-order valence-corrected chi connectivity index (χ4v) is 4.31. The van der Waals surface area contributed by atoms with Crippen LogP contribution in [0.1, 0.15) is 24.8 Å². The molecule has 2 aromatic rings. The second-order valence-corrected chi connectivity index (χ2v) is 7.31. The molecule has 0 amide bonds. The Bertz CT molecular complexity index is 641. The lowest BCUT2D eigenvalue weighted by molar-refractivity contribution is -0.139. The average Bonchev–Trinajstić information content (AvgIpc) is 2.91. The van der Waals surface area contributed by atoms with Gasteiger partial charge in [-0.1, -0.05) is 12.1 Å². The first-order chi connectivity index (χ1) is 8.99. The molecular weight excluding hydrogens is 282 g/mol. The number of aromatic nitrogens is 2. The summed E-state index contributed by atoms with van der Waals surface area (Å²) in [5.74, 6) is -0.816. The van der Waals surface area contributed by atoms with E-state index in [1.165, 1.54) is 11.7 Å². The SMILES string of the molecule is CC1(C)SC(c2cccc3nsnc23)NC1C(=O)O. The van der Waals surface area contributed by atoms with Gasteiger partial charge in [-0.05, 0) is 19.9 Å². The van der Waals surface area contributed by atoms with Crippen molar-refractivity contribution in [2.24, 2.45) is 0 Å². The van der Waals surface area contributed by atoms with E-state index in [4.69, 9.17) is 0 Å². The van der Waals surface area contributed by atoms with Crippen LogP contribution in [-0.4, -0.2) is 30.6 Å². The van der Waals surface area contributed by atoms with Crippen molar-refractivity contribution in [3.8, 4) is 0 Å². The number of rotatable bonds is 2. The van der Waals surface area contributed by atoms with E-state index < -0.39 is 12.0 Å². The maximum atomic E-state index is 11.3. The molecule has 2 heterocycles. The van der Waals surface area contributed by atoms with Gasteiger partial charge in [-0.15, -0.1) is 11.8 Å². The molecule has 1 fully saturated rings. The zero-order valence-corrected chi connectivity index (χ0v) is 12.1. The summed E-state index contributed by atoms with van der Waals surface area (Å²) in [5.41, 5.74) is 2.73. The molecule has 2 unspecified atom stereocenters. The van der Waals surface area contributed by atoms with Crippen LogP contribution in [0.2, 0.25) is 0 Å². The highest BCUT2D eigenvalue weighted by atomic mass is 32.2. The van der Waals surface area contributed by atoms with Gasteiger partial charge in [-0.3, -0.25) is 10.1 Å². The molecule has 0 spiro atoms. The normalized spacial score (nSPS) is 25.8. The summed E-state index contributed by atoms with van der Waals surface area (Å²) < 4.78 is 8.17. The van der Waals surface area contributed by atoms with E-state index in [-0.39, 0.29) is 10.1 Å². The van der Waals surface area contributed by atoms with Crippen LogP contribution in [0.3, 0.4) is 0 Å². The number of benzene rings is 1. The van der Waals surface area contributed by atoms with E-state index in [0.717, 1.165) is 16.6 Å². The van der Waals surface area contributed by atoms with Gasteiger partial charge >= 0.3 is 5.97 Å². The molecule has 100 valence electrons. The number of carbonyl (C=O) groups is 1. The number of carboxylic acids is 1. The molecule has 0 radical (unpaired) electrons. The zero-order chi connectivity index (χ0) is 13.6. The van der Waals surface area contributed by atoms with E-state index in [9.17, 15) is 9.90 Å². The Morgan fingerprint density at radius 3 is 2.89 bits per heavy atom. The lowest BCUT2D eigenvalue weighted by atomic mass is 10.0. The molecule has 1 aromatic heterocycles. The fourth-order valence-electron chi connectivity index (χ4n) is 2.32. The molecule has 19 heavy (non-hydrogen) atoms. The van der Waals surface area contributed by atoms with Crippen LogP contribution in [0.15, 0.2) is 18.2 Å². The summed E-state index contributed by atoms with van der Waals surface area (Å²) in [7, 11) is 0. The van der Waals surface area contributed by atoms with Crippen LogP contribution in [0.4, 0.5) is 0 Å². The molecular formula is C12H13N3O2S2. The van der Waals surface area contributed by atoms with Crippen molar-refractivity contribution in [1.29, 1.82) is 0 Å². The molecule has 2 N–H and O–H groups in total. The van der Waals surface area contributed by atoms with Gasteiger partial charge in [0.15, 0.2) is 0 Å². The maximum Gasteiger partial charge on any atom is 0.322 e. The highest BCUT2D eigenvalue weighted by Gasteiger charge is 2.46. The Balaban J connectivity index is 2.00. The molecule has 1 aliphatic heterocycles. The zero-order valence-electron chi connectivity index (χ0n) is 10.5. The standard InChI is InChI=1S/C12H13N3O2S2/c1-12(2)9(11(16)17)13-10(18-12)6-4-3-5-7-8(6)15-19-14-7/h3-5,9-10,13H,1-2H3,(H,16,17). The topological polar surface area (TPSA) is 75.1 Å². The Morgan fingerprint density at radius 2 is 2.21 bits per heavy atom. The lowest BCUT2D eigenvalue weighted by Crippen LogP contribution is -2.43. The molecule has 0 saturated carbocycles. The van der Waals surface area contributed by atoms with Crippen LogP contribution in [0.5, 0.6) is 0 Å². The monoisotopic (exact) mass is 295 g/mol. The maximum absolute atomic E-state index is 11.3. The van der Waals surface area contributed by atoms with Crippen molar-refractivity contribution in [1.82, 2.24) is 14.1 Å². The van der Waals surface area contributed by atoms with Crippen molar-refractivity contribution >= 4 is 40.5 Å². The minimum Gasteiger partial charge on any atom is -0.480 e. The second-order valence-electron chi connectivity index (χ2n) is 5.02. The first-order valence-corrected chi connectivity index (χ1v) is 7.48. The van der Waals surface area contributed by atoms with Gasteiger partial charge in [0.05, 0.1) is 17.1 Å². The Hall–Kier alpha value is -1.18. The van der Waals surface area contributed by atoms with Crippen molar-refractivity contribution in [3.05, 3.63) is 23.8 Å². The molecule has 2 atom stereocenters. The molecule has 1 aromatic carbocycles. The number of nitrogens with one attached hydrogen (secondary N) is 1. The van der Waals surface area contributed by atoms with Crippen LogP contribution < -0.4 is 5.32 Å². The van der Waals surface area contributed by atoms with Gasteiger partial charge in [0.25, 0.3) is 0 Å². The predicted octanol–water partition coefficient (Wildman–Crippen LogP) is 2.26. The first kappa shape index (κ1) is 12.8. The molecule has 5 nitrogen and oxygen atoms in total. The lowest BCUT2D eigenvalue weighted by Gasteiger charge is -2.20. The van der Waals surface area contributed by atoms with Crippen molar-refractivity contribution in [2.45, 2.75) is 30.0 Å². The number of thioether (sulfide) groups is 1. The van der Waals surface area contributed by atoms with Gasteiger partial charge in [-0.2, -0.15) is 8.75 Å². The molecule has 1 saturated heterocycles. The third-order valence-electron chi connectivity index (χ3n) is 3.28. The Labute approximate surface area is 118 Å². The number of nitrogens with zero attached hydrogens (tertiary/aromatic N) is 2. The Kier molecular flexibility index (Phi) is 2.99. The number of aliphatic carboxylic acids is 1. The minimum atomic E-state index is -0.816. The molecule has 0 aliphatic carbocycles. The fraction of sp³-hybridized carbons (Fsp3) is 0.417. The summed E-state index contributed by atoms with van der Waals surface area (Å²) in [5, 5.41) is 12.4. The van der Waals surface area contributed by atoms with Gasteiger partial charge in [0.2, 0.25) is 0 Å². The minimum absolute atomic E-state index is 0.0660. The highest BCUT2D eigenvalue weighted by Crippen LogP contribution is 2.46. The van der Waals surface area contributed by atoms with E-state index in [0.29, 0.717) is 0 Å². The summed E-state index contributed by atoms with van der Waals surface area (Å²) in [4.78, 5) is 11.3. The third kappa shape index (κ3) is 2.11. The third-order valence-corrected chi connectivity index (χ3v) is 5.29. The van der Waals surface area contributed by atoms with Gasteiger partial charge in [-0.25, -0.2) is 0 Å². The smallest absolute Gasteiger partial charge is 0.322 e.